The van der Waals surface area contributed by atoms with Gasteiger partial charge in [-0.2, -0.15) is 0 Å². The van der Waals surface area contributed by atoms with E-state index in [0.29, 0.717) is 6.67 Å². The number of carbonyl (C=O) groups is 1. The van der Waals surface area contributed by atoms with Gasteiger partial charge < -0.3 is 15.5 Å². The Morgan fingerprint density at radius 2 is 2.06 bits per heavy atom. The Labute approximate surface area is 101 Å². The standard InChI is InChI=1S/C13H17N3O/c17-12-13(7-4-8-14-9-13)16(10-15-12)11-5-2-1-3-6-11/h1-3,5-6,14H,4,7-10H2,(H,15,17). The molecule has 90 valence electrons. The summed E-state index contributed by atoms with van der Waals surface area (Å²) in [5, 5.41) is 6.32. The second-order valence-electron chi connectivity index (χ2n) is 4.74. The van der Waals surface area contributed by atoms with E-state index < -0.39 is 0 Å². The van der Waals surface area contributed by atoms with Crippen LogP contribution < -0.4 is 15.5 Å². The molecule has 1 atom stereocenters. The number of amides is 1. The molecule has 4 heteroatoms. The fourth-order valence-electron chi connectivity index (χ4n) is 2.85. The highest BCUT2D eigenvalue weighted by atomic mass is 16.2. The Balaban J connectivity index is 1.96. The molecule has 2 heterocycles. The van der Waals surface area contributed by atoms with Gasteiger partial charge in [-0.05, 0) is 31.5 Å². The van der Waals surface area contributed by atoms with Crippen molar-refractivity contribution in [3.63, 3.8) is 0 Å². The van der Waals surface area contributed by atoms with Gasteiger partial charge in [-0.3, -0.25) is 4.79 Å². The van der Waals surface area contributed by atoms with Crippen LogP contribution in [-0.2, 0) is 4.79 Å². The maximum Gasteiger partial charge on any atom is 0.248 e. The summed E-state index contributed by atoms with van der Waals surface area (Å²) in [6.07, 6.45) is 1.98. The van der Waals surface area contributed by atoms with Gasteiger partial charge in [0.15, 0.2) is 0 Å². The van der Waals surface area contributed by atoms with Crippen LogP contribution in [-0.4, -0.2) is 31.2 Å². The van der Waals surface area contributed by atoms with Crippen LogP contribution in [0.5, 0.6) is 0 Å². The number of hydrogen-bond donors (Lipinski definition) is 2. The second-order valence-corrected chi connectivity index (χ2v) is 4.74. The highest BCUT2D eigenvalue weighted by Crippen LogP contribution is 2.32. The zero-order valence-corrected chi connectivity index (χ0v) is 9.78. The number of para-hydroxylation sites is 1. The third-order valence-electron chi connectivity index (χ3n) is 3.77. The zero-order chi connectivity index (χ0) is 11.7. The van der Waals surface area contributed by atoms with E-state index in [1.54, 1.807) is 0 Å². The Kier molecular flexibility index (Phi) is 2.52. The van der Waals surface area contributed by atoms with Crippen LogP contribution in [0.4, 0.5) is 5.69 Å². The maximum absolute atomic E-state index is 12.1. The molecular formula is C13H17N3O. The van der Waals surface area contributed by atoms with Gasteiger partial charge in [-0.25, -0.2) is 0 Å². The minimum absolute atomic E-state index is 0.161. The van der Waals surface area contributed by atoms with Crippen molar-refractivity contribution in [3.8, 4) is 0 Å². The quantitative estimate of drug-likeness (QED) is 0.748. The van der Waals surface area contributed by atoms with Gasteiger partial charge in [0.05, 0.1) is 6.67 Å². The molecule has 0 radical (unpaired) electrons. The molecule has 0 bridgehead atoms. The first-order valence-corrected chi connectivity index (χ1v) is 6.15. The third-order valence-corrected chi connectivity index (χ3v) is 3.77. The van der Waals surface area contributed by atoms with Crippen molar-refractivity contribution >= 4 is 11.6 Å². The molecule has 4 nitrogen and oxygen atoms in total. The summed E-state index contributed by atoms with van der Waals surface area (Å²) in [6, 6.07) is 10.2. The number of nitrogens with one attached hydrogen (secondary N) is 2. The van der Waals surface area contributed by atoms with Crippen LogP contribution in [0, 0.1) is 0 Å². The maximum atomic E-state index is 12.1. The fourth-order valence-corrected chi connectivity index (χ4v) is 2.85. The van der Waals surface area contributed by atoms with E-state index in [2.05, 4.69) is 27.7 Å². The lowest BCUT2D eigenvalue weighted by molar-refractivity contribution is -0.124. The molecule has 2 saturated heterocycles. The van der Waals surface area contributed by atoms with Crippen LogP contribution >= 0.6 is 0 Å². The fraction of sp³-hybridized carbons (Fsp3) is 0.462. The van der Waals surface area contributed by atoms with E-state index in [1.165, 1.54) is 0 Å². The Bertz CT molecular complexity index is 412. The van der Waals surface area contributed by atoms with Crippen LogP contribution in [0.2, 0.25) is 0 Å². The predicted octanol–water partition coefficient (Wildman–Crippen LogP) is 0.702. The third kappa shape index (κ3) is 1.60. The molecule has 0 aromatic heterocycles. The van der Waals surface area contributed by atoms with Gasteiger partial charge in [0.1, 0.15) is 5.54 Å². The number of anilines is 1. The van der Waals surface area contributed by atoms with Crippen LogP contribution in [0.3, 0.4) is 0 Å². The lowest BCUT2D eigenvalue weighted by atomic mass is 9.88. The molecular weight excluding hydrogens is 214 g/mol. The SMILES string of the molecule is O=C1NCN(c2ccccc2)C12CCCNC2. The molecule has 2 N–H and O–H groups in total. The van der Waals surface area contributed by atoms with E-state index in [9.17, 15) is 4.79 Å². The number of nitrogens with zero attached hydrogens (tertiary/aromatic N) is 1. The summed E-state index contributed by atoms with van der Waals surface area (Å²) in [6.45, 7) is 2.37. The molecule has 1 spiro atoms. The molecule has 3 rings (SSSR count). The van der Waals surface area contributed by atoms with Crippen molar-refractivity contribution in [2.75, 3.05) is 24.7 Å². The summed E-state index contributed by atoms with van der Waals surface area (Å²) in [5.41, 5.74) is 0.745. The Morgan fingerprint density at radius 3 is 2.76 bits per heavy atom. The first-order valence-electron chi connectivity index (χ1n) is 6.15. The van der Waals surface area contributed by atoms with Crippen molar-refractivity contribution in [2.45, 2.75) is 18.4 Å². The number of carbonyl (C=O) groups excluding carboxylic acids is 1. The van der Waals surface area contributed by atoms with Crippen molar-refractivity contribution in [2.24, 2.45) is 0 Å². The van der Waals surface area contributed by atoms with E-state index in [4.69, 9.17) is 0 Å². The van der Waals surface area contributed by atoms with Crippen LogP contribution in [0.15, 0.2) is 30.3 Å². The van der Waals surface area contributed by atoms with Crippen LogP contribution in [0.1, 0.15) is 12.8 Å². The lowest BCUT2D eigenvalue weighted by Crippen LogP contribution is -2.58. The zero-order valence-electron chi connectivity index (χ0n) is 9.78. The Morgan fingerprint density at radius 1 is 1.24 bits per heavy atom. The highest BCUT2D eigenvalue weighted by molar-refractivity contribution is 5.93. The topological polar surface area (TPSA) is 44.4 Å². The molecule has 1 amide bonds. The van der Waals surface area contributed by atoms with Crippen molar-refractivity contribution in [1.82, 2.24) is 10.6 Å². The van der Waals surface area contributed by atoms with Gasteiger partial charge in [0.2, 0.25) is 5.91 Å². The minimum Gasteiger partial charge on any atom is -0.338 e. The number of benzene rings is 1. The van der Waals surface area contributed by atoms with Crippen molar-refractivity contribution < 1.29 is 4.79 Å². The molecule has 2 aliphatic rings. The van der Waals surface area contributed by atoms with Gasteiger partial charge >= 0.3 is 0 Å². The summed E-state index contributed by atoms with van der Waals surface area (Å²) in [7, 11) is 0. The first kappa shape index (κ1) is 10.6. The largest absolute Gasteiger partial charge is 0.338 e. The lowest BCUT2D eigenvalue weighted by Gasteiger charge is -2.40. The molecule has 1 aromatic rings. The normalized spacial score (nSPS) is 28.5. The highest BCUT2D eigenvalue weighted by Gasteiger charge is 2.49. The smallest absolute Gasteiger partial charge is 0.248 e. The molecule has 0 aliphatic carbocycles. The molecule has 2 aliphatic heterocycles. The average Bonchev–Trinajstić information content (AvgIpc) is 2.69. The number of hydrogen-bond acceptors (Lipinski definition) is 3. The second kappa shape index (κ2) is 4.04. The monoisotopic (exact) mass is 231 g/mol. The first-order chi connectivity index (χ1) is 8.33. The van der Waals surface area contributed by atoms with Crippen molar-refractivity contribution in [1.29, 1.82) is 0 Å². The number of rotatable bonds is 1. The Hall–Kier alpha value is -1.55. The predicted molar refractivity (Wildman–Crippen MR) is 66.8 cm³/mol. The number of piperidine rings is 1. The molecule has 0 saturated carbocycles. The summed E-state index contributed by atoms with van der Waals surface area (Å²) in [4.78, 5) is 14.3. The average molecular weight is 231 g/mol. The molecule has 17 heavy (non-hydrogen) atoms. The van der Waals surface area contributed by atoms with E-state index in [1.807, 2.05) is 18.2 Å². The molecule has 1 unspecified atom stereocenters. The summed E-state index contributed by atoms with van der Waals surface area (Å²) >= 11 is 0. The van der Waals surface area contributed by atoms with E-state index in [0.717, 1.165) is 31.6 Å². The van der Waals surface area contributed by atoms with E-state index in [-0.39, 0.29) is 11.4 Å². The minimum atomic E-state index is -0.375. The van der Waals surface area contributed by atoms with E-state index >= 15 is 0 Å². The van der Waals surface area contributed by atoms with Gasteiger partial charge in [-0.15, -0.1) is 0 Å². The summed E-state index contributed by atoms with van der Waals surface area (Å²) in [5.74, 6) is 0.161. The van der Waals surface area contributed by atoms with Crippen molar-refractivity contribution in [3.05, 3.63) is 30.3 Å². The van der Waals surface area contributed by atoms with Gasteiger partial charge in [0, 0.05) is 12.2 Å². The van der Waals surface area contributed by atoms with Gasteiger partial charge in [0.25, 0.3) is 0 Å². The molecule has 1 aromatic carbocycles. The molecule has 2 fully saturated rings. The van der Waals surface area contributed by atoms with Crippen LogP contribution in [0.25, 0.3) is 0 Å². The summed E-state index contributed by atoms with van der Waals surface area (Å²) < 4.78 is 0. The van der Waals surface area contributed by atoms with Gasteiger partial charge in [-0.1, -0.05) is 18.2 Å².